The van der Waals surface area contributed by atoms with E-state index in [9.17, 15) is 9.59 Å². The number of pyridine rings is 2. The van der Waals surface area contributed by atoms with Crippen LogP contribution < -0.4 is 22.1 Å². The van der Waals surface area contributed by atoms with E-state index in [1.165, 1.54) is 0 Å². The summed E-state index contributed by atoms with van der Waals surface area (Å²) >= 11 is 0. The molecule has 3 aromatic carbocycles. The highest BCUT2D eigenvalue weighted by atomic mass is 16.2. The summed E-state index contributed by atoms with van der Waals surface area (Å²) in [4.78, 5) is 34.5. The molecule has 8 nitrogen and oxygen atoms in total. The lowest BCUT2D eigenvalue weighted by Crippen LogP contribution is -2.13. The number of amides is 2. The quantitative estimate of drug-likeness (QED) is 0.286. The van der Waals surface area contributed by atoms with Crippen molar-refractivity contribution >= 4 is 56.4 Å². The first kappa shape index (κ1) is 22.8. The first-order chi connectivity index (χ1) is 17.3. The maximum atomic E-state index is 12.8. The van der Waals surface area contributed by atoms with Crippen molar-refractivity contribution in [2.45, 2.75) is 13.8 Å². The summed E-state index contributed by atoms with van der Waals surface area (Å²) in [6.45, 7) is 3.75. The molecule has 0 aliphatic rings. The van der Waals surface area contributed by atoms with Gasteiger partial charge in [-0.1, -0.05) is 0 Å². The molecule has 0 saturated carbocycles. The molecule has 0 unspecified atom stereocenters. The van der Waals surface area contributed by atoms with Crippen LogP contribution in [0.5, 0.6) is 0 Å². The average Bonchev–Trinajstić information content (AvgIpc) is 2.84. The van der Waals surface area contributed by atoms with Gasteiger partial charge >= 0.3 is 0 Å². The maximum absolute atomic E-state index is 12.8. The Morgan fingerprint density at radius 1 is 0.611 bits per heavy atom. The Morgan fingerprint density at radius 3 is 1.39 bits per heavy atom. The molecule has 2 amide bonds. The number of carbonyl (C=O) groups excluding carboxylic acids is 2. The molecular formula is C28H24N6O2. The monoisotopic (exact) mass is 476 g/mol. The zero-order valence-electron chi connectivity index (χ0n) is 19.8. The Hall–Kier alpha value is -4.98. The van der Waals surface area contributed by atoms with Crippen molar-refractivity contribution in [2.75, 3.05) is 22.1 Å². The van der Waals surface area contributed by atoms with Crippen LogP contribution in [0.2, 0.25) is 0 Å². The Balaban J connectivity index is 1.28. The number of nitrogens with zero attached hydrogens (tertiary/aromatic N) is 2. The molecule has 5 aromatic rings. The number of hydrogen-bond donors (Lipinski definition) is 4. The van der Waals surface area contributed by atoms with E-state index in [0.717, 1.165) is 33.2 Å². The van der Waals surface area contributed by atoms with Crippen LogP contribution in [-0.4, -0.2) is 21.8 Å². The molecule has 0 fully saturated rings. The Morgan fingerprint density at radius 2 is 1.00 bits per heavy atom. The zero-order chi connectivity index (χ0) is 25.4. The summed E-state index contributed by atoms with van der Waals surface area (Å²) in [6.07, 6.45) is 0. The van der Waals surface area contributed by atoms with Crippen LogP contribution in [-0.2, 0) is 0 Å². The van der Waals surface area contributed by atoms with Crippen LogP contribution in [0.1, 0.15) is 32.1 Å². The summed E-state index contributed by atoms with van der Waals surface area (Å²) in [5, 5.41) is 7.18. The van der Waals surface area contributed by atoms with Gasteiger partial charge < -0.3 is 22.1 Å². The van der Waals surface area contributed by atoms with Crippen LogP contribution in [0, 0.1) is 13.8 Å². The summed E-state index contributed by atoms with van der Waals surface area (Å²) in [5.74, 6) is -0.544. The van der Waals surface area contributed by atoms with Gasteiger partial charge in [0.05, 0.1) is 11.0 Å². The summed E-state index contributed by atoms with van der Waals surface area (Å²) in [5.41, 5.74) is 18.6. The Bertz CT molecular complexity index is 1540. The molecule has 0 spiro atoms. The number of nitrogen functional groups attached to an aromatic ring is 2. The van der Waals surface area contributed by atoms with Gasteiger partial charge in [-0.2, -0.15) is 0 Å². The first-order valence-corrected chi connectivity index (χ1v) is 11.3. The van der Waals surface area contributed by atoms with Crippen molar-refractivity contribution in [3.05, 3.63) is 95.3 Å². The van der Waals surface area contributed by atoms with E-state index in [-0.39, 0.29) is 11.8 Å². The normalized spacial score (nSPS) is 10.9. The van der Waals surface area contributed by atoms with Gasteiger partial charge in [-0.15, -0.1) is 0 Å². The van der Waals surface area contributed by atoms with E-state index in [1.54, 1.807) is 72.8 Å². The van der Waals surface area contributed by atoms with E-state index in [4.69, 9.17) is 11.5 Å². The highest BCUT2D eigenvalue weighted by molar-refractivity contribution is 6.09. The molecule has 178 valence electrons. The van der Waals surface area contributed by atoms with Crippen molar-refractivity contribution in [3.8, 4) is 0 Å². The number of carbonyl (C=O) groups is 2. The van der Waals surface area contributed by atoms with E-state index in [2.05, 4.69) is 20.6 Å². The lowest BCUT2D eigenvalue weighted by atomic mass is 10.1. The second-order valence-corrected chi connectivity index (χ2v) is 8.66. The SMILES string of the molecule is Cc1cc(N)c2cc(C(=O)Nc3ccc(NC(=O)c4ccc5nc(C)cc(N)c5c4)cc3)ccc2n1. The highest BCUT2D eigenvalue weighted by Gasteiger charge is 2.12. The van der Waals surface area contributed by atoms with Crippen LogP contribution in [0.25, 0.3) is 21.8 Å². The molecule has 2 heterocycles. The fourth-order valence-corrected chi connectivity index (χ4v) is 4.11. The van der Waals surface area contributed by atoms with Gasteiger partial charge in [0.25, 0.3) is 11.8 Å². The van der Waals surface area contributed by atoms with Gasteiger partial charge in [0.1, 0.15) is 0 Å². The minimum Gasteiger partial charge on any atom is -0.398 e. The number of anilines is 4. The second-order valence-electron chi connectivity index (χ2n) is 8.66. The second kappa shape index (κ2) is 8.99. The third-order valence-electron chi connectivity index (χ3n) is 5.86. The molecule has 0 bridgehead atoms. The number of fused-ring (bicyclic) bond motifs is 2. The van der Waals surface area contributed by atoms with Gasteiger partial charge in [-0.05, 0) is 86.6 Å². The molecule has 0 radical (unpaired) electrons. The van der Waals surface area contributed by atoms with Crippen molar-refractivity contribution in [2.24, 2.45) is 0 Å². The van der Waals surface area contributed by atoms with Crippen molar-refractivity contribution in [1.82, 2.24) is 9.97 Å². The first-order valence-electron chi connectivity index (χ1n) is 11.3. The largest absolute Gasteiger partial charge is 0.398 e. The van der Waals surface area contributed by atoms with E-state index < -0.39 is 0 Å². The number of nitrogens with one attached hydrogen (secondary N) is 2. The van der Waals surface area contributed by atoms with E-state index in [1.807, 2.05) is 13.8 Å². The van der Waals surface area contributed by atoms with Gasteiger partial charge in [0.15, 0.2) is 0 Å². The molecule has 2 aromatic heterocycles. The highest BCUT2D eigenvalue weighted by Crippen LogP contribution is 2.24. The molecule has 0 atom stereocenters. The number of hydrogen-bond acceptors (Lipinski definition) is 6. The van der Waals surface area contributed by atoms with Gasteiger partial charge in [-0.3, -0.25) is 19.6 Å². The van der Waals surface area contributed by atoms with Crippen LogP contribution in [0.15, 0.2) is 72.8 Å². The lowest BCUT2D eigenvalue weighted by Gasteiger charge is -2.10. The summed E-state index contributed by atoms with van der Waals surface area (Å²) < 4.78 is 0. The molecule has 36 heavy (non-hydrogen) atoms. The van der Waals surface area contributed by atoms with E-state index in [0.29, 0.717) is 33.9 Å². The molecule has 0 saturated heterocycles. The van der Waals surface area contributed by atoms with Crippen LogP contribution in [0.4, 0.5) is 22.7 Å². The fraction of sp³-hybridized carbons (Fsp3) is 0.0714. The van der Waals surface area contributed by atoms with E-state index >= 15 is 0 Å². The van der Waals surface area contributed by atoms with Gasteiger partial charge in [0, 0.05) is 56.0 Å². The predicted molar refractivity (Wildman–Crippen MR) is 144 cm³/mol. The topological polar surface area (TPSA) is 136 Å². The lowest BCUT2D eigenvalue weighted by molar-refractivity contribution is 0.101. The number of nitrogens with two attached hydrogens (primary N) is 2. The minimum atomic E-state index is -0.272. The smallest absolute Gasteiger partial charge is 0.255 e. The molecule has 0 aliphatic carbocycles. The van der Waals surface area contributed by atoms with Crippen LogP contribution >= 0.6 is 0 Å². The number of aromatic nitrogens is 2. The minimum absolute atomic E-state index is 0.272. The number of benzene rings is 3. The summed E-state index contributed by atoms with van der Waals surface area (Å²) in [7, 11) is 0. The third kappa shape index (κ3) is 4.52. The molecule has 8 heteroatoms. The molecule has 5 rings (SSSR count). The standard InChI is InChI=1S/C28H24N6O2/c1-15-11-23(29)21-13-17(3-9-25(21)31-15)27(35)33-19-5-7-20(8-6-19)34-28(36)18-4-10-26-22(14-18)24(30)12-16(2)32-26/h3-14H,1-2H3,(H2,29,31)(H2,30,32)(H,33,35)(H,34,36). The number of aryl methyl sites for hydroxylation is 2. The van der Waals surface area contributed by atoms with Gasteiger partial charge in [-0.25, -0.2) is 0 Å². The van der Waals surface area contributed by atoms with Crippen molar-refractivity contribution in [1.29, 1.82) is 0 Å². The fourth-order valence-electron chi connectivity index (χ4n) is 4.11. The Kier molecular flexibility index (Phi) is 5.69. The molecule has 6 N–H and O–H groups in total. The maximum Gasteiger partial charge on any atom is 0.255 e. The third-order valence-corrected chi connectivity index (χ3v) is 5.86. The van der Waals surface area contributed by atoms with Gasteiger partial charge in [0.2, 0.25) is 0 Å². The number of rotatable bonds is 4. The van der Waals surface area contributed by atoms with Crippen molar-refractivity contribution in [3.63, 3.8) is 0 Å². The average molecular weight is 477 g/mol. The molecular weight excluding hydrogens is 452 g/mol. The van der Waals surface area contributed by atoms with Crippen molar-refractivity contribution < 1.29 is 9.59 Å². The zero-order valence-corrected chi connectivity index (χ0v) is 19.8. The predicted octanol–water partition coefficient (Wildman–Crippen LogP) is 5.07. The molecule has 0 aliphatic heterocycles. The Labute approximate surface area is 207 Å². The summed E-state index contributed by atoms with van der Waals surface area (Å²) in [6, 6.07) is 20.9. The van der Waals surface area contributed by atoms with Crippen LogP contribution in [0.3, 0.4) is 0 Å².